The molecule has 0 saturated heterocycles. The minimum Gasteiger partial charge on any atom is -0.496 e. The van der Waals surface area contributed by atoms with E-state index in [9.17, 15) is 8.78 Å². The van der Waals surface area contributed by atoms with E-state index in [4.69, 9.17) is 4.74 Å². The molecule has 2 nitrogen and oxygen atoms in total. The standard InChI is InChI=1S/C16H17F2NO/c1-10-7-8-11(14(9-10)20-3)16(19-2)12-5-4-6-13(17)15(12)18/h4-9,16,19H,1-3H3. The van der Waals surface area contributed by atoms with Gasteiger partial charge in [-0.25, -0.2) is 8.78 Å². The highest BCUT2D eigenvalue weighted by Crippen LogP contribution is 2.32. The first-order chi connectivity index (χ1) is 9.58. The second-order valence-corrected chi connectivity index (χ2v) is 4.61. The molecule has 0 aliphatic rings. The van der Waals surface area contributed by atoms with Crippen LogP contribution in [-0.2, 0) is 0 Å². The Bertz CT molecular complexity index is 613. The normalized spacial score (nSPS) is 12.2. The molecule has 1 unspecified atom stereocenters. The highest BCUT2D eigenvalue weighted by atomic mass is 19.2. The average Bonchev–Trinajstić information content (AvgIpc) is 2.45. The van der Waals surface area contributed by atoms with Crippen LogP contribution in [0.3, 0.4) is 0 Å². The predicted octanol–water partition coefficient (Wildman–Crippen LogP) is 3.59. The van der Waals surface area contributed by atoms with E-state index in [1.165, 1.54) is 6.07 Å². The number of hydrogen-bond donors (Lipinski definition) is 1. The summed E-state index contributed by atoms with van der Waals surface area (Å²) < 4.78 is 32.7. The van der Waals surface area contributed by atoms with Gasteiger partial charge in [0, 0.05) is 11.1 Å². The lowest BCUT2D eigenvalue weighted by atomic mass is 9.96. The first kappa shape index (κ1) is 14.5. The Labute approximate surface area is 117 Å². The Morgan fingerprint density at radius 3 is 2.50 bits per heavy atom. The fourth-order valence-corrected chi connectivity index (χ4v) is 2.28. The molecule has 0 spiro atoms. The summed E-state index contributed by atoms with van der Waals surface area (Å²) in [6.45, 7) is 1.95. The fourth-order valence-electron chi connectivity index (χ4n) is 2.28. The van der Waals surface area contributed by atoms with Gasteiger partial charge in [-0.2, -0.15) is 0 Å². The maximum Gasteiger partial charge on any atom is 0.163 e. The highest BCUT2D eigenvalue weighted by molar-refractivity contribution is 5.44. The number of methoxy groups -OCH3 is 1. The quantitative estimate of drug-likeness (QED) is 0.922. The van der Waals surface area contributed by atoms with Crippen LogP contribution in [0.25, 0.3) is 0 Å². The molecule has 2 aromatic rings. The maximum absolute atomic E-state index is 14.0. The first-order valence-electron chi connectivity index (χ1n) is 6.34. The maximum atomic E-state index is 14.0. The van der Waals surface area contributed by atoms with Gasteiger partial charge < -0.3 is 10.1 Å². The molecule has 2 rings (SSSR count). The number of ether oxygens (including phenoxy) is 1. The highest BCUT2D eigenvalue weighted by Gasteiger charge is 2.21. The summed E-state index contributed by atoms with van der Waals surface area (Å²) in [6, 6.07) is 9.35. The third kappa shape index (κ3) is 2.65. The SMILES string of the molecule is CNC(c1ccc(C)cc1OC)c1cccc(F)c1F. The topological polar surface area (TPSA) is 21.3 Å². The number of benzene rings is 2. The van der Waals surface area contributed by atoms with E-state index in [-0.39, 0.29) is 5.56 Å². The summed E-state index contributed by atoms with van der Waals surface area (Å²) in [4.78, 5) is 0. The molecule has 106 valence electrons. The number of hydrogen-bond acceptors (Lipinski definition) is 2. The molecular formula is C16H17F2NO. The van der Waals surface area contributed by atoms with Gasteiger partial charge in [0.25, 0.3) is 0 Å². The van der Waals surface area contributed by atoms with Gasteiger partial charge in [-0.15, -0.1) is 0 Å². The third-order valence-corrected chi connectivity index (χ3v) is 3.28. The van der Waals surface area contributed by atoms with Crippen molar-refractivity contribution in [2.75, 3.05) is 14.2 Å². The van der Waals surface area contributed by atoms with Crippen molar-refractivity contribution in [3.05, 3.63) is 64.7 Å². The van der Waals surface area contributed by atoms with E-state index in [0.717, 1.165) is 17.2 Å². The number of halogens is 2. The van der Waals surface area contributed by atoms with Crippen LogP contribution in [0.1, 0.15) is 22.7 Å². The average molecular weight is 277 g/mol. The molecule has 0 aromatic heterocycles. The smallest absolute Gasteiger partial charge is 0.163 e. The molecule has 0 radical (unpaired) electrons. The molecule has 20 heavy (non-hydrogen) atoms. The van der Waals surface area contributed by atoms with Crippen LogP contribution in [0.15, 0.2) is 36.4 Å². The van der Waals surface area contributed by atoms with Gasteiger partial charge in [0.15, 0.2) is 11.6 Å². The van der Waals surface area contributed by atoms with Crippen molar-refractivity contribution in [2.45, 2.75) is 13.0 Å². The van der Waals surface area contributed by atoms with Crippen molar-refractivity contribution in [1.82, 2.24) is 5.32 Å². The van der Waals surface area contributed by atoms with Crippen molar-refractivity contribution >= 4 is 0 Å². The molecule has 0 saturated carbocycles. The summed E-state index contributed by atoms with van der Waals surface area (Å²) >= 11 is 0. The van der Waals surface area contributed by atoms with E-state index >= 15 is 0 Å². The molecule has 1 atom stereocenters. The van der Waals surface area contributed by atoms with Gasteiger partial charge in [0.05, 0.1) is 13.2 Å². The number of nitrogens with one attached hydrogen (secondary N) is 1. The van der Waals surface area contributed by atoms with E-state index in [1.807, 2.05) is 25.1 Å². The Morgan fingerprint density at radius 2 is 1.85 bits per heavy atom. The minimum absolute atomic E-state index is 0.259. The fraction of sp³-hybridized carbons (Fsp3) is 0.250. The molecular weight excluding hydrogens is 260 g/mol. The van der Waals surface area contributed by atoms with Gasteiger partial charge in [0.2, 0.25) is 0 Å². The Balaban J connectivity index is 2.55. The van der Waals surface area contributed by atoms with Crippen molar-refractivity contribution in [2.24, 2.45) is 0 Å². The minimum atomic E-state index is -0.853. The second-order valence-electron chi connectivity index (χ2n) is 4.61. The van der Waals surface area contributed by atoms with Gasteiger partial charge in [-0.05, 0) is 31.7 Å². The lowest BCUT2D eigenvalue weighted by molar-refractivity contribution is 0.403. The number of aryl methyl sites for hydroxylation is 1. The Hall–Kier alpha value is -1.94. The van der Waals surface area contributed by atoms with Crippen molar-refractivity contribution in [1.29, 1.82) is 0 Å². The molecule has 1 N–H and O–H groups in total. The molecule has 0 aliphatic carbocycles. The zero-order valence-corrected chi connectivity index (χ0v) is 11.7. The Kier molecular flexibility index (Phi) is 4.35. The molecule has 0 fully saturated rings. The van der Waals surface area contributed by atoms with Gasteiger partial charge >= 0.3 is 0 Å². The summed E-state index contributed by atoms with van der Waals surface area (Å²) in [5.74, 6) is -1.05. The molecule has 0 aliphatic heterocycles. The largest absolute Gasteiger partial charge is 0.496 e. The molecule has 2 aromatic carbocycles. The number of rotatable bonds is 4. The summed E-state index contributed by atoms with van der Waals surface area (Å²) in [6.07, 6.45) is 0. The Morgan fingerprint density at radius 1 is 1.10 bits per heavy atom. The summed E-state index contributed by atoms with van der Waals surface area (Å²) in [7, 11) is 3.27. The monoisotopic (exact) mass is 277 g/mol. The van der Waals surface area contributed by atoms with Crippen molar-refractivity contribution in [3.8, 4) is 5.75 Å². The zero-order chi connectivity index (χ0) is 14.7. The van der Waals surface area contributed by atoms with Gasteiger partial charge in [-0.1, -0.05) is 24.3 Å². The van der Waals surface area contributed by atoms with Crippen LogP contribution in [0, 0.1) is 18.6 Å². The van der Waals surface area contributed by atoms with E-state index in [0.29, 0.717) is 5.75 Å². The predicted molar refractivity (Wildman–Crippen MR) is 75.0 cm³/mol. The third-order valence-electron chi connectivity index (χ3n) is 3.28. The van der Waals surface area contributed by atoms with Crippen LogP contribution >= 0.6 is 0 Å². The second kappa shape index (κ2) is 6.01. The lowest BCUT2D eigenvalue weighted by Crippen LogP contribution is -2.20. The molecule has 0 amide bonds. The molecule has 0 heterocycles. The van der Waals surface area contributed by atoms with Gasteiger partial charge in [-0.3, -0.25) is 0 Å². The lowest BCUT2D eigenvalue weighted by Gasteiger charge is -2.21. The van der Waals surface area contributed by atoms with Crippen LogP contribution in [-0.4, -0.2) is 14.2 Å². The molecule has 4 heteroatoms. The van der Waals surface area contributed by atoms with E-state index in [1.54, 1.807) is 20.2 Å². The van der Waals surface area contributed by atoms with Crippen LogP contribution in [0.2, 0.25) is 0 Å². The zero-order valence-electron chi connectivity index (χ0n) is 11.7. The van der Waals surface area contributed by atoms with Crippen molar-refractivity contribution < 1.29 is 13.5 Å². The van der Waals surface area contributed by atoms with Crippen LogP contribution in [0.5, 0.6) is 5.75 Å². The van der Waals surface area contributed by atoms with Crippen molar-refractivity contribution in [3.63, 3.8) is 0 Å². The van der Waals surface area contributed by atoms with Gasteiger partial charge in [0.1, 0.15) is 5.75 Å². The molecule has 0 bridgehead atoms. The van der Waals surface area contributed by atoms with Crippen LogP contribution < -0.4 is 10.1 Å². The van der Waals surface area contributed by atoms with E-state index < -0.39 is 17.7 Å². The summed E-state index contributed by atoms with van der Waals surface area (Å²) in [5, 5.41) is 3.01. The first-order valence-corrected chi connectivity index (χ1v) is 6.34. The summed E-state index contributed by atoms with van der Waals surface area (Å²) in [5.41, 5.74) is 2.07. The van der Waals surface area contributed by atoms with Crippen LogP contribution in [0.4, 0.5) is 8.78 Å². The van der Waals surface area contributed by atoms with E-state index in [2.05, 4.69) is 5.32 Å².